The van der Waals surface area contributed by atoms with Crippen molar-refractivity contribution >= 4 is 11.9 Å². The van der Waals surface area contributed by atoms with E-state index in [1.807, 2.05) is 0 Å². The van der Waals surface area contributed by atoms with Gasteiger partial charge in [-0.1, -0.05) is 19.3 Å². The summed E-state index contributed by atoms with van der Waals surface area (Å²) in [5, 5.41) is 3.55. The number of hydrogen-bond donors (Lipinski definition) is 1. The van der Waals surface area contributed by atoms with Gasteiger partial charge in [0.15, 0.2) is 5.96 Å². The molecule has 0 unspecified atom stereocenters. The number of aliphatic imine (C=N–C) groups is 1. The standard InChI is InChI=1S/C19H36N4O2/c1-22(2)18(24)14-21-19(20-13-16-7-5-4-6-8-16)23(3)15-17-9-11-25-12-10-17/h16-17H,4-15H2,1-3H3,(H,20,21). The first-order chi connectivity index (χ1) is 12.1. The number of likely N-dealkylation sites (N-methyl/N-ethyl adjacent to an activating group) is 1. The first-order valence-electron chi connectivity index (χ1n) is 9.83. The highest BCUT2D eigenvalue weighted by atomic mass is 16.5. The molecule has 1 amide bonds. The normalized spacial score (nSPS) is 20.4. The van der Waals surface area contributed by atoms with Gasteiger partial charge in [-0.25, -0.2) is 4.99 Å². The predicted octanol–water partition coefficient (Wildman–Crippen LogP) is 1.96. The number of hydrogen-bond acceptors (Lipinski definition) is 3. The number of guanidine groups is 1. The van der Waals surface area contributed by atoms with E-state index in [4.69, 9.17) is 4.74 Å². The molecule has 144 valence electrons. The minimum atomic E-state index is 0.0384. The maximum Gasteiger partial charge on any atom is 0.243 e. The van der Waals surface area contributed by atoms with Gasteiger partial charge in [-0.05, 0) is 37.5 Å². The number of rotatable bonds is 6. The van der Waals surface area contributed by atoms with Gasteiger partial charge >= 0.3 is 0 Å². The SMILES string of the molecule is CN(C)C(=O)CN=C(NCC1CCCCC1)N(C)CC1CCOCC1. The summed E-state index contributed by atoms with van der Waals surface area (Å²) in [6.07, 6.45) is 8.89. The van der Waals surface area contributed by atoms with Gasteiger partial charge in [0, 0.05) is 47.4 Å². The molecule has 2 rings (SSSR count). The van der Waals surface area contributed by atoms with Crippen LogP contribution in [0.1, 0.15) is 44.9 Å². The van der Waals surface area contributed by atoms with Crippen LogP contribution in [0.4, 0.5) is 0 Å². The quantitative estimate of drug-likeness (QED) is 0.586. The van der Waals surface area contributed by atoms with Crippen LogP contribution in [0.25, 0.3) is 0 Å². The molecule has 6 nitrogen and oxygen atoms in total. The second kappa shape index (κ2) is 10.6. The first-order valence-corrected chi connectivity index (χ1v) is 9.83. The van der Waals surface area contributed by atoms with Gasteiger partial charge in [0.05, 0.1) is 0 Å². The number of ether oxygens (including phenoxy) is 1. The van der Waals surface area contributed by atoms with Crippen molar-refractivity contribution in [3.63, 3.8) is 0 Å². The lowest BCUT2D eigenvalue weighted by Crippen LogP contribution is -2.44. The molecule has 1 saturated heterocycles. The first kappa shape index (κ1) is 20.0. The third kappa shape index (κ3) is 7.22. The van der Waals surface area contributed by atoms with Crippen LogP contribution in [0.2, 0.25) is 0 Å². The minimum absolute atomic E-state index is 0.0384. The summed E-state index contributed by atoms with van der Waals surface area (Å²) in [5.41, 5.74) is 0. The molecule has 0 aromatic rings. The van der Waals surface area contributed by atoms with E-state index in [9.17, 15) is 4.79 Å². The smallest absolute Gasteiger partial charge is 0.243 e. The molecule has 0 spiro atoms. The van der Waals surface area contributed by atoms with Crippen molar-refractivity contribution in [2.45, 2.75) is 44.9 Å². The zero-order valence-electron chi connectivity index (χ0n) is 16.3. The zero-order valence-corrected chi connectivity index (χ0v) is 16.3. The third-order valence-electron chi connectivity index (χ3n) is 5.37. The highest BCUT2D eigenvalue weighted by molar-refractivity contribution is 5.84. The lowest BCUT2D eigenvalue weighted by Gasteiger charge is -2.31. The van der Waals surface area contributed by atoms with Gasteiger partial charge in [-0.3, -0.25) is 4.79 Å². The Balaban J connectivity index is 1.91. The Hall–Kier alpha value is -1.30. The van der Waals surface area contributed by atoms with Crippen molar-refractivity contribution < 1.29 is 9.53 Å². The summed E-state index contributed by atoms with van der Waals surface area (Å²) in [6, 6.07) is 0. The molecular formula is C19H36N4O2. The summed E-state index contributed by atoms with van der Waals surface area (Å²) in [6.45, 7) is 3.86. The lowest BCUT2D eigenvalue weighted by molar-refractivity contribution is -0.127. The predicted molar refractivity (Wildman–Crippen MR) is 102 cm³/mol. The molecule has 0 bridgehead atoms. The monoisotopic (exact) mass is 352 g/mol. The molecule has 2 aliphatic rings. The Labute approximate surface area is 153 Å². The Morgan fingerprint density at radius 3 is 2.36 bits per heavy atom. The van der Waals surface area contributed by atoms with Gasteiger partial charge in [-0.2, -0.15) is 0 Å². The van der Waals surface area contributed by atoms with E-state index in [0.29, 0.717) is 5.92 Å². The van der Waals surface area contributed by atoms with Crippen molar-refractivity contribution in [1.82, 2.24) is 15.1 Å². The van der Waals surface area contributed by atoms with Crippen LogP contribution in [0.15, 0.2) is 4.99 Å². The molecule has 0 aromatic heterocycles. The zero-order chi connectivity index (χ0) is 18.1. The van der Waals surface area contributed by atoms with Crippen molar-refractivity contribution in [3.05, 3.63) is 0 Å². The Bertz CT molecular complexity index is 427. The van der Waals surface area contributed by atoms with E-state index >= 15 is 0 Å². The van der Waals surface area contributed by atoms with Gasteiger partial charge in [0.1, 0.15) is 6.54 Å². The number of nitrogens with one attached hydrogen (secondary N) is 1. The van der Waals surface area contributed by atoms with E-state index < -0.39 is 0 Å². The Morgan fingerprint density at radius 2 is 1.72 bits per heavy atom. The van der Waals surface area contributed by atoms with Gasteiger partial charge in [0.2, 0.25) is 5.91 Å². The van der Waals surface area contributed by atoms with E-state index in [0.717, 1.165) is 51.0 Å². The fourth-order valence-corrected chi connectivity index (χ4v) is 3.63. The summed E-state index contributed by atoms with van der Waals surface area (Å²) in [7, 11) is 5.64. The van der Waals surface area contributed by atoms with E-state index in [1.165, 1.54) is 32.1 Å². The van der Waals surface area contributed by atoms with Crippen molar-refractivity contribution in [2.75, 3.05) is 54.0 Å². The molecule has 0 aromatic carbocycles. The molecule has 0 atom stereocenters. The summed E-state index contributed by atoms with van der Waals surface area (Å²) >= 11 is 0. The second-order valence-corrected chi connectivity index (χ2v) is 7.75. The van der Waals surface area contributed by atoms with Crippen LogP contribution in [0, 0.1) is 11.8 Å². The van der Waals surface area contributed by atoms with E-state index in [2.05, 4.69) is 22.3 Å². The maximum atomic E-state index is 11.9. The van der Waals surface area contributed by atoms with Crippen LogP contribution < -0.4 is 5.32 Å². The highest BCUT2D eigenvalue weighted by Crippen LogP contribution is 2.23. The Kier molecular flexibility index (Phi) is 8.52. The van der Waals surface area contributed by atoms with Crippen LogP contribution in [-0.4, -0.2) is 75.7 Å². The highest BCUT2D eigenvalue weighted by Gasteiger charge is 2.19. The van der Waals surface area contributed by atoms with Crippen LogP contribution in [0.3, 0.4) is 0 Å². The van der Waals surface area contributed by atoms with Crippen LogP contribution in [0.5, 0.6) is 0 Å². The number of amides is 1. The number of carbonyl (C=O) groups excluding carboxylic acids is 1. The molecule has 1 saturated carbocycles. The number of carbonyl (C=O) groups is 1. The summed E-state index contributed by atoms with van der Waals surface area (Å²) in [5.74, 6) is 2.29. The minimum Gasteiger partial charge on any atom is -0.381 e. The molecule has 1 aliphatic heterocycles. The van der Waals surface area contributed by atoms with Crippen molar-refractivity contribution in [1.29, 1.82) is 0 Å². The average Bonchev–Trinajstić information content (AvgIpc) is 2.63. The van der Waals surface area contributed by atoms with Gasteiger partial charge < -0.3 is 19.9 Å². The second-order valence-electron chi connectivity index (χ2n) is 7.75. The van der Waals surface area contributed by atoms with E-state index in [-0.39, 0.29) is 12.5 Å². The summed E-state index contributed by atoms with van der Waals surface area (Å²) < 4.78 is 5.46. The third-order valence-corrected chi connectivity index (χ3v) is 5.37. The molecule has 6 heteroatoms. The molecule has 1 heterocycles. The molecule has 0 radical (unpaired) electrons. The fourth-order valence-electron chi connectivity index (χ4n) is 3.63. The van der Waals surface area contributed by atoms with E-state index in [1.54, 1.807) is 19.0 Å². The topological polar surface area (TPSA) is 57.2 Å². The largest absolute Gasteiger partial charge is 0.381 e. The summed E-state index contributed by atoms with van der Waals surface area (Å²) in [4.78, 5) is 20.3. The lowest BCUT2D eigenvalue weighted by atomic mass is 9.89. The maximum absolute atomic E-state index is 11.9. The molecular weight excluding hydrogens is 316 g/mol. The van der Waals surface area contributed by atoms with Crippen LogP contribution >= 0.6 is 0 Å². The van der Waals surface area contributed by atoms with Gasteiger partial charge in [-0.15, -0.1) is 0 Å². The molecule has 1 N–H and O–H groups in total. The van der Waals surface area contributed by atoms with Crippen LogP contribution in [-0.2, 0) is 9.53 Å². The number of nitrogens with zero attached hydrogens (tertiary/aromatic N) is 3. The molecule has 2 fully saturated rings. The molecule has 25 heavy (non-hydrogen) atoms. The van der Waals surface area contributed by atoms with Gasteiger partial charge in [0.25, 0.3) is 0 Å². The molecule has 1 aliphatic carbocycles. The van der Waals surface area contributed by atoms with Crippen molar-refractivity contribution in [3.8, 4) is 0 Å². The Morgan fingerprint density at radius 1 is 1.04 bits per heavy atom. The van der Waals surface area contributed by atoms with Crippen molar-refractivity contribution in [2.24, 2.45) is 16.8 Å². The fraction of sp³-hybridized carbons (Fsp3) is 0.895. The average molecular weight is 353 g/mol.